The molecule has 0 bridgehead atoms. The van der Waals surface area contributed by atoms with E-state index >= 15 is 0 Å². The van der Waals surface area contributed by atoms with E-state index in [0.717, 1.165) is 19.3 Å². The normalized spacial score (nSPS) is 21.4. The summed E-state index contributed by atoms with van der Waals surface area (Å²) in [5.74, 6) is -2.18. The van der Waals surface area contributed by atoms with Crippen LogP contribution in [-0.4, -0.2) is 103 Å². The van der Waals surface area contributed by atoms with Gasteiger partial charge in [0.05, 0.1) is 76.4 Å². The number of aliphatic hydroxyl groups is 3. The first-order valence-electron chi connectivity index (χ1n) is 14.0. The van der Waals surface area contributed by atoms with Gasteiger partial charge >= 0.3 is 5.97 Å². The lowest BCUT2D eigenvalue weighted by atomic mass is 9.96. The predicted molar refractivity (Wildman–Crippen MR) is 137 cm³/mol. The van der Waals surface area contributed by atoms with Gasteiger partial charge in [-0.15, -0.1) is 0 Å². The summed E-state index contributed by atoms with van der Waals surface area (Å²) >= 11 is 0. The van der Waals surface area contributed by atoms with Crippen molar-refractivity contribution in [2.75, 3.05) is 52.9 Å². The molecular formula is C27H50O10. The van der Waals surface area contributed by atoms with Crippen LogP contribution in [0.5, 0.6) is 0 Å². The van der Waals surface area contributed by atoms with Crippen LogP contribution in [0.4, 0.5) is 0 Å². The molecule has 0 spiro atoms. The molecule has 0 aromatic heterocycles. The summed E-state index contributed by atoms with van der Waals surface area (Å²) in [7, 11) is 0. The van der Waals surface area contributed by atoms with Crippen molar-refractivity contribution >= 4 is 11.8 Å². The Kier molecular flexibility index (Phi) is 19.9. The highest BCUT2D eigenvalue weighted by molar-refractivity contribution is 5.85. The first kappa shape index (κ1) is 33.9. The number of unbranched alkanes of at least 4 members (excludes halogenated alkanes) is 7. The second-order valence-electron chi connectivity index (χ2n) is 9.68. The van der Waals surface area contributed by atoms with Gasteiger partial charge in [0.2, 0.25) is 0 Å². The molecule has 5 atom stereocenters. The Morgan fingerprint density at radius 3 is 2.11 bits per heavy atom. The average molecular weight is 535 g/mol. The molecule has 1 saturated carbocycles. The van der Waals surface area contributed by atoms with E-state index in [1.54, 1.807) is 0 Å². The van der Waals surface area contributed by atoms with E-state index < -0.39 is 36.1 Å². The van der Waals surface area contributed by atoms with Crippen LogP contribution in [0.1, 0.15) is 77.6 Å². The van der Waals surface area contributed by atoms with Gasteiger partial charge in [-0.2, -0.15) is 0 Å². The summed E-state index contributed by atoms with van der Waals surface area (Å²) in [5, 5.41) is 37.1. The Morgan fingerprint density at radius 1 is 0.865 bits per heavy atom. The minimum absolute atomic E-state index is 0.00286. The van der Waals surface area contributed by atoms with E-state index in [0.29, 0.717) is 12.8 Å². The largest absolute Gasteiger partial charge is 0.481 e. The number of aliphatic hydroxyl groups excluding tert-OH is 3. The predicted octanol–water partition coefficient (Wildman–Crippen LogP) is 2.35. The van der Waals surface area contributed by atoms with Gasteiger partial charge in [-0.3, -0.25) is 9.59 Å². The van der Waals surface area contributed by atoms with E-state index in [-0.39, 0.29) is 65.1 Å². The Morgan fingerprint density at radius 2 is 1.49 bits per heavy atom. The maximum Gasteiger partial charge on any atom is 0.306 e. The van der Waals surface area contributed by atoms with Crippen LogP contribution < -0.4 is 0 Å². The van der Waals surface area contributed by atoms with Crippen molar-refractivity contribution < 1.29 is 49.0 Å². The Balaban J connectivity index is 2.56. The maximum absolute atomic E-state index is 12.8. The average Bonchev–Trinajstić information content (AvgIpc) is 3.20. The number of carbonyl (C=O) groups excluding carboxylic acids is 1. The lowest BCUT2D eigenvalue weighted by Crippen LogP contribution is -2.43. The summed E-state index contributed by atoms with van der Waals surface area (Å²) < 4.78 is 22.8. The highest BCUT2D eigenvalue weighted by Gasteiger charge is 2.48. The zero-order valence-corrected chi connectivity index (χ0v) is 22.6. The number of carboxylic acid groups (broad SMARTS) is 1. The molecule has 10 heteroatoms. The monoisotopic (exact) mass is 534 g/mol. The Labute approximate surface area is 221 Å². The zero-order valence-electron chi connectivity index (χ0n) is 22.6. The number of aliphatic carboxylic acids is 1. The van der Waals surface area contributed by atoms with Crippen molar-refractivity contribution in [3.05, 3.63) is 0 Å². The number of hydrogen-bond acceptors (Lipinski definition) is 9. The first-order chi connectivity index (χ1) is 18.0. The summed E-state index contributed by atoms with van der Waals surface area (Å²) in [5.41, 5.74) is 0. The Hall–Kier alpha value is -1.14. The lowest BCUT2D eigenvalue weighted by molar-refractivity contribution is -0.144. The van der Waals surface area contributed by atoms with Gasteiger partial charge < -0.3 is 39.4 Å². The van der Waals surface area contributed by atoms with Gasteiger partial charge in [-0.1, -0.05) is 58.3 Å². The van der Waals surface area contributed by atoms with Crippen molar-refractivity contribution in [1.82, 2.24) is 0 Å². The number of carboxylic acids is 1. The Bertz CT molecular complexity index is 588. The molecule has 1 aliphatic rings. The van der Waals surface area contributed by atoms with E-state index in [1.165, 1.54) is 32.1 Å². The van der Waals surface area contributed by atoms with Crippen molar-refractivity contribution in [2.45, 2.75) is 95.9 Å². The van der Waals surface area contributed by atoms with E-state index in [9.17, 15) is 24.9 Å². The molecule has 4 N–H and O–H groups in total. The van der Waals surface area contributed by atoms with E-state index in [2.05, 4.69) is 6.92 Å². The zero-order chi connectivity index (χ0) is 27.3. The summed E-state index contributed by atoms with van der Waals surface area (Å²) in [6.45, 7) is 1.86. The first-order valence-corrected chi connectivity index (χ1v) is 14.0. The molecule has 0 radical (unpaired) electrons. The van der Waals surface area contributed by atoms with E-state index in [4.69, 9.17) is 24.1 Å². The number of ketones is 1. The van der Waals surface area contributed by atoms with Gasteiger partial charge in [0.1, 0.15) is 5.78 Å². The fourth-order valence-corrected chi connectivity index (χ4v) is 4.84. The summed E-state index contributed by atoms with van der Waals surface area (Å²) in [6.07, 6.45) is 8.33. The lowest BCUT2D eigenvalue weighted by Gasteiger charge is -2.30. The van der Waals surface area contributed by atoms with Crippen molar-refractivity contribution in [1.29, 1.82) is 0 Å². The molecule has 0 aromatic carbocycles. The molecular weight excluding hydrogens is 484 g/mol. The van der Waals surface area contributed by atoms with Crippen LogP contribution in [-0.2, 0) is 28.5 Å². The molecule has 37 heavy (non-hydrogen) atoms. The van der Waals surface area contributed by atoms with Gasteiger partial charge in [0.15, 0.2) is 0 Å². The standard InChI is InChI=1S/C27H50O10/c1-2-3-4-5-6-7-8-9-10-21(27(32)33)11-15-34-20-24(36-17-13-29)25-22(31)19-23(35-16-12-28)26(25)37-18-14-30/h21,23-26,28-30H,2-20H2,1H3,(H,32,33). The number of rotatable bonds is 25. The second-order valence-corrected chi connectivity index (χ2v) is 9.68. The number of hydrogen-bond donors (Lipinski definition) is 4. The van der Waals surface area contributed by atoms with Crippen LogP contribution >= 0.6 is 0 Å². The molecule has 0 amide bonds. The van der Waals surface area contributed by atoms with Crippen molar-refractivity contribution in [3.63, 3.8) is 0 Å². The molecule has 218 valence electrons. The molecule has 1 aliphatic carbocycles. The SMILES string of the molecule is CCCCCCCCCCC(CCOCC(OCCO)C1C(=O)CC(OCCO)C1OCCO)C(=O)O. The third-order valence-corrected chi connectivity index (χ3v) is 6.79. The molecule has 10 nitrogen and oxygen atoms in total. The maximum atomic E-state index is 12.8. The van der Waals surface area contributed by atoms with Crippen molar-refractivity contribution in [3.8, 4) is 0 Å². The van der Waals surface area contributed by atoms with Crippen LogP contribution in [0.2, 0.25) is 0 Å². The molecule has 0 aliphatic heterocycles. The second kappa shape index (κ2) is 21.8. The molecule has 0 saturated heterocycles. The fraction of sp³-hybridized carbons (Fsp3) is 0.926. The molecule has 1 rings (SSSR count). The molecule has 5 unspecified atom stereocenters. The molecule has 0 aromatic rings. The van der Waals surface area contributed by atoms with Crippen LogP contribution in [0, 0.1) is 11.8 Å². The number of ether oxygens (including phenoxy) is 4. The number of Topliss-reactive ketones (excluding diaryl/α,β-unsaturated/α-hetero) is 1. The van der Waals surface area contributed by atoms with Crippen LogP contribution in [0.15, 0.2) is 0 Å². The smallest absolute Gasteiger partial charge is 0.306 e. The van der Waals surface area contributed by atoms with Gasteiger partial charge in [0.25, 0.3) is 0 Å². The quantitative estimate of drug-likeness (QED) is 0.128. The van der Waals surface area contributed by atoms with Gasteiger partial charge in [-0.25, -0.2) is 0 Å². The topological polar surface area (TPSA) is 152 Å². The highest BCUT2D eigenvalue weighted by atomic mass is 16.6. The minimum atomic E-state index is -0.827. The number of carbonyl (C=O) groups is 2. The molecule has 0 heterocycles. The minimum Gasteiger partial charge on any atom is -0.481 e. The van der Waals surface area contributed by atoms with E-state index in [1.807, 2.05) is 0 Å². The van der Waals surface area contributed by atoms with Crippen LogP contribution in [0.3, 0.4) is 0 Å². The third kappa shape index (κ3) is 14.0. The third-order valence-electron chi connectivity index (χ3n) is 6.79. The van der Waals surface area contributed by atoms with Gasteiger partial charge in [0, 0.05) is 13.0 Å². The van der Waals surface area contributed by atoms with Crippen molar-refractivity contribution in [2.24, 2.45) is 11.8 Å². The highest BCUT2D eigenvalue weighted by Crippen LogP contribution is 2.32. The van der Waals surface area contributed by atoms with Gasteiger partial charge in [-0.05, 0) is 12.8 Å². The summed E-state index contributed by atoms with van der Waals surface area (Å²) in [4.78, 5) is 24.5. The fourth-order valence-electron chi connectivity index (χ4n) is 4.84. The summed E-state index contributed by atoms with van der Waals surface area (Å²) in [6, 6.07) is 0. The van der Waals surface area contributed by atoms with Crippen LogP contribution in [0.25, 0.3) is 0 Å². The molecule has 1 fully saturated rings.